The smallest absolute Gasteiger partial charge is 0.329 e. The molecule has 0 aliphatic carbocycles. The minimum Gasteiger partial charge on any atom is -0.480 e. The molecule has 0 aliphatic rings. The van der Waals surface area contributed by atoms with Crippen molar-refractivity contribution in [3.05, 3.63) is 39.7 Å². The highest BCUT2D eigenvalue weighted by Gasteiger charge is 2.39. The van der Waals surface area contributed by atoms with Gasteiger partial charge in [-0.25, -0.2) is 9.59 Å². The van der Waals surface area contributed by atoms with Gasteiger partial charge in [0.15, 0.2) is 0 Å². The summed E-state index contributed by atoms with van der Waals surface area (Å²) < 4.78 is 0.747. The summed E-state index contributed by atoms with van der Waals surface area (Å²) in [4.78, 5) is 49.6. The van der Waals surface area contributed by atoms with E-state index in [1.165, 1.54) is 20.9 Å². The molecule has 0 aliphatic heterocycles. The van der Waals surface area contributed by atoms with Gasteiger partial charge in [0.1, 0.15) is 11.2 Å². The van der Waals surface area contributed by atoms with Gasteiger partial charge in [-0.05, 0) is 19.9 Å². The van der Waals surface area contributed by atoms with Crippen LogP contribution in [0.1, 0.15) is 13.8 Å². The van der Waals surface area contributed by atoms with Crippen molar-refractivity contribution in [1.29, 1.82) is 0 Å². The summed E-state index contributed by atoms with van der Waals surface area (Å²) in [6.07, 6.45) is 1.91. The van der Waals surface area contributed by atoms with E-state index in [9.17, 15) is 24.3 Å². The van der Waals surface area contributed by atoms with Crippen molar-refractivity contribution in [2.45, 2.75) is 19.4 Å². The van der Waals surface area contributed by atoms with Crippen LogP contribution in [-0.4, -0.2) is 32.1 Å². The molecule has 0 saturated carbocycles. The molecule has 8 nitrogen and oxygen atoms in total. The third-order valence-corrected chi connectivity index (χ3v) is 2.88. The topological polar surface area (TPSA) is 112 Å². The third-order valence-electron chi connectivity index (χ3n) is 2.88. The minimum absolute atomic E-state index is 0.246. The quantitative estimate of drug-likeness (QED) is 0.719. The summed E-state index contributed by atoms with van der Waals surface area (Å²) in [5, 5.41) is 9.22. The van der Waals surface area contributed by atoms with Crippen LogP contribution in [0.3, 0.4) is 0 Å². The maximum atomic E-state index is 12.0. The highest BCUT2D eigenvalue weighted by atomic mass is 16.4. The molecular formula is C12H15N3O5. The van der Waals surface area contributed by atoms with Crippen LogP contribution in [0.25, 0.3) is 0 Å². The fourth-order valence-electron chi connectivity index (χ4n) is 1.60. The molecule has 1 aromatic rings. The summed E-state index contributed by atoms with van der Waals surface area (Å²) in [5.74, 6) is -2.07. The van der Waals surface area contributed by atoms with Crippen LogP contribution >= 0.6 is 0 Å². The molecule has 0 radical (unpaired) electrons. The van der Waals surface area contributed by atoms with Gasteiger partial charge in [-0.1, -0.05) is 6.58 Å². The van der Waals surface area contributed by atoms with Crippen molar-refractivity contribution in [3.8, 4) is 0 Å². The van der Waals surface area contributed by atoms with Gasteiger partial charge in [-0.2, -0.15) is 0 Å². The molecule has 20 heavy (non-hydrogen) atoms. The number of hydrogen-bond donors (Lipinski definition) is 2. The molecule has 1 aromatic heterocycles. The van der Waals surface area contributed by atoms with E-state index >= 15 is 0 Å². The zero-order valence-electron chi connectivity index (χ0n) is 11.3. The second-order valence-electron chi connectivity index (χ2n) is 4.59. The monoisotopic (exact) mass is 281 g/mol. The number of carboxylic acids is 1. The number of H-pyrrole nitrogens is 1. The van der Waals surface area contributed by atoms with Crippen LogP contribution in [0.2, 0.25) is 0 Å². The number of anilines is 1. The maximum absolute atomic E-state index is 12.0. The molecule has 8 heteroatoms. The lowest BCUT2D eigenvalue weighted by molar-refractivity contribution is -0.143. The highest BCUT2D eigenvalue weighted by Crippen LogP contribution is 2.21. The van der Waals surface area contributed by atoms with Gasteiger partial charge in [-0.15, -0.1) is 0 Å². The molecule has 0 spiro atoms. The number of rotatable bonds is 4. The van der Waals surface area contributed by atoms with Crippen LogP contribution in [0.4, 0.5) is 5.69 Å². The number of nitrogens with one attached hydrogen (secondary N) is 1. The number of aromatic nitrogens is 2. The number of carboxylic acid groups (broad SMARTS) is 1. The van der Waals surface area contributed by atoms with Gasteiger partial charge in [0.05, 0.1) is 0 Å². The van der Waals surface area contributed by atoms with Crippen molar-refractivity contribution >= 4 is 17.6 Å². The molecule has 0 aromatic carbocycles. The van der Waals surface area contributed by atoms with E-state index in [2.05, 4.69) is 11.6 Å². The van der Waals surface area contributed by atoms with Gasteiger partial charge < -0.3 is 10.1 Å². The molecule has 1 rings (SSSR count). The Morgan fingerprint density at radius 2 is 2.00 bits per heavy atom. The Balaban J connectivity index is 3.65. The standard InChI is InChI=1S/C12H15N3O5/c1-5-8(16)15(12(2,3)10(18)19)7-6-13-11(20)14(4)9(7)17/h5-6H,1H2,2-4H3,(H,13,20)(H,18,19). The Labute approximate surface area is 114 Å². The molecule has 0 unspecified atom stereocenters. The summed E-state index contributed by atoms with van der Waals surface area (Å²) in [6.45, 7) is 5.81. The summed E-state index contributed by atoms with van der Waals surface area (Å²) in [5.41, 5.74) is -3.38. The van der Waals surface area contributed by atoms with E-state index in [-0.39, 0.29) is 5.69 Å². The number of nitrogens with zero attached hydrogens (tertiary/aromatic N) is 2. The van der Waals surface area contributed by atoms with Crippen molar-refractivity contribution in [3.63, 3.8) is 0 Å². The summed E-state index contributed by atoms with van der Waals surface area (Å²) in [6, 6.07) is 0. The van der Waals surface area contributed by atoms with Crippen molar-refractivity contribution < 1.29 is 14.7 Å². The van der Waals surface area contributed by atoms with E-state index in [1.54, 1.807) is 0 Å². The van der Waals surface area contributed by atoms with E-state index in [0.717, 1.165) is 21.7 Å². The first-order valence-corrected chi connectivity index (χ1v) is 5.63. The third kappa shape index (κ3) is 2.40. The molecule has 0 bridgehead atoms. The number of aromatic amines is 1. The molecule has 1 amide bonds. The van der Waals surface area contributed by atoms with E-state index in [4.69, 9.17) is 0 Å². The van der Waals surface area contributed by atoms with Crippen LogP contribution in [0, 0.1) is 0 Å². The van der Waals surface area contributed by atoms with Crippen molar-refractivity contribution in [2.24, 2.45) is 7.05 Å². The molecule has 2 N–H and O–H groups in total. The van der Waals surface area contributed by atoms with Crippen LogP contribution in [0.5, 0.6) is 0 Å². The lowest BCUT2D eigenvalue weighted by Gasteiger charge is -2.33. The molecule has 0 fully saturated rings. The number of amides is 1. The minimum atomic E-state index is -1.68. The lowest BCUT2D eigenvalue weighted by atomic mass is 10.0. The number of carbonyl (C=O) groups excluding carboxylic acids is 1. The van der Waals surface area contributed by atoms with Crippen LogP contribution in [0.15, 0.2) is 28.4 Å². The van der Waals surface area contributed by atoms with E-state index < -0.39 is 28.7 Å². The molecule has 108 valence electrons. The average molecular weight is 281 g/mol. The summed E-state index contributed by atoms with van der Waals surface area (Å²) >= 11 is 0. The zero-order valence-corrected chi connectivity index (χ0v) is 11.3. The normalized spacial score (nSPS) is 10.9. The molecule has 1 heterocycles. The zero-order chi connectivity index (χ0) is 15.7. The number of carbonyl (C=O) groups is 2. The van der Waals surface area contributed by atoms with Gasteiger partial charge >= 0.3 is 11.7 Å². The lowest BCUT2D eigenvalue weighted by Crippen LogP contribution is -2.55. The van der Waals surface area contributed by atoms with Gasteiger partial charge in [0.2, 0.25) is 0 Å². The Morgan fingerprint density at radius 1 is 1.45 bits per heavy atom. The maximum Gasteiger partial charge on any atom is 0.329 e. The van der Waals surface area contributed by atoms with Crippen LogP contribution in [-0.2, 0) is 16.6 Å². The molecular weight excluding hydrogens is 266 g/mol. The fourth-order valence-corrected chi connectivity index (χ4v) is 1.60. The van der Waals surface area contributed by atoms with Gasteiger partial charge in [0, 0.05) is 13.2 Å². The van der Waals surface area contributed by atoms with Gasteiger partial charge in [0.25, 0.3) is 11.5 Å². The predicted octanol–water partition coefficient (Wildman–Crippen LogP) is -0.544. The van der Waals surface area contributed by atoms with Crippen molar-refractivity contribution in [2.75, 3.05) is 4.90 Å². The molecule has 0 saturated heterocycles. The largest absolute Gasteiger partial charge is 0.480 e. The number of hydrogen-bond acceptors (Lipinski definition) is 4. The Hall–Kier alpha value is -2.64. The second-order valence-corrected chi connectivity index (χ2v) is 4.59. The average Bonchev–Trinajstić information content (AvgIpc) is 2.38. The molecule has 0 atom stereocenters. The first-order valence-electron chi connectivity index (χ1n) is 5.63. The SMILES string of the molecule is C=CC(=O)N(c1c[nH]c(=O)n(C)c1=O)C(C)(C)C(=O)O. The van der Waals surface area contributed by atoms with E-state index in [0.29, 0.717) is 0 Å². The highest BCUT2D eigenvalue weighted by molar-refractivity contribution is 6.06. The van der Waals surface area contributed by atoms with E-state index in [1.807, 2.05) is 0 Å². The first-order chi connectivity index (χ1) is 9.14. The first kappa shape index (κ1) is 15.4. The predicted molar refractivity (Wildman–Crippen MR) is 71.7 cm³/mol. The fraction of sp³-hybridized carbons (Fsp3) is 0.333. The van der Waals surface area contributed by atoms with Crippen LogP contribution < -0.4 is 16.1 Å². The van der Waals surface area contributed by atoms with Crippen molar-refractivity contribution in [1.82, 2.24) is 9.55 Å². The Bertz CT molecular complexity index is 683. The Kier molecular flexibility index (Phi) is 3.97. The Morgan fingerprint density at radius 3 is 2.45 bits per heavy atom. The summed E-state index contributed by atoms with van der Waals surface area (Å²) in [7, 11) is 1.22. The number of aliphatic carboxylic acids is 1. The van der Waals surface area contributed by atoms with Gasteiger partial charge in [-0.3, -0.25) is 19.1 Å². The second kappa shape index (κ2) is 5.16.